The van der Waals surface area contributed by atoms with Crippen molar-refractivity contribution in [3.63, 3.8) is 0 Å². The van der Waals surface area contributed by atoms with E-state index < -0.39 is 36.9 Å². The lowest BCUT2D eigenvalue weighted by Crippen LogP contribution is -2.49. The van der Waals surface area contributed by atoms with Crippen LogP contribution in [-0.4, -0.2) is 57.9 Å². The second kappa shape index (κ2) is 5.26. The molecule has 0 spiro atoms. The van der Waals surface area contributed by atoms with Gasteiger partial charge >= 0.3 is 0 Å². The second-order valence-corrected chi connectivity index (χ2v) is 4.89. The molecular weight excluding hydrogens is 277 g/mol. The van der Waals surface area contributed by atoms with Crippen molar-refractivity contribution in [2.75, 3.05) is 12.5 Å². The molecule has 0 saturated carbocycles. The Morgan fingerprint density at radius 2 is 2.37 bits per heavy atom. The summed E-state index contributed by atoms with van der Waals surface area (Å²) in [5.74, 6) is 0.122. The van der Waals surface area contributed by atoms with Crippen molar-refractivity contribution in [1.82, 2.24) is 10.2 Å². The lowest BCUT2D eigenvalue weighted by atomic mass is 9.99. The second-order valence-electron chi connectivity index (χ2n) is 4.62. The average Bonchev–Trinajstić information content (AvgIpc) is 2.64. The van der Waals surface area contributed by atoms with Gasteiger partial charge in [0, 0.05) is 6.20 Å². The van der Waals surface area contributed by atoms with Gasteiger partial charge in [-0.05, 0) is 6.08 Å². The SMILES string of the molecule is C=C1NC(N)C=CN1[C@@H]1O[C@@](CO)(CCl)[C@@H](O)[C@H]1F. The number of nitrogens with two attached hydrogens (primary N) is 1. The van der Waals surface area contributed by atoms with E-state index in [4.69, 9.17) is 22.1 Å². The molecule has 2 rings (SSSR count). The van der Waals surface area contributed by atoms with Crippen LogP contribution in [0.4, 0.5) is 4.39 Å². The monoisotopic (exact) mass is 293 g/mol. The van der Waals surface area contributed by atoms with E-state index in [1.807, 2.05) is 0 Å². The summed E-state index contributed by atoms with van der Waals surface area (Å²) in [5.41, 5.74) is 4.11. The summed E-state index contributed by atoms with van der Waals surface area (Å²) in [6, 6.07) is 0. The van der Waals surface area contributed by atoms with E-state index >= 15 is 0 Å². The van der Waals surface area contributed by atoms with Crippen LogP contribution >= 0.6 is 11.6 Å². The standard InChI is InChI=1S/C11H17ClFN3O3/c1-6-15-7(14)2-3-16(6)10-8(13)9(18)11(4-12,5-17)19-10/h2-3,7-10,15,17-18H,1,4-5,14H2/t7?,8-,9+,10-,11-/m1/s1. The van der Waals surface area contributed by atoms with Gasteiger partial charge in [0.15, 0.2) is 12.4 Å². The molecule has 19 heavy (non-hydrogen) atoms. The highest BCUT2D eigenvalue weighted by Crippen LogP contribution is 2.37. The number of aliphatic hydroxyl groups is 2. The van der Waals surface area contributed by atoms with Crippen molar-refractivity contribution in [2.24, 2.45) is 5.73 Å². The molecule has 5 N–H and O–H groups in total. The number of nitrogens with zero attached hydrogens (tertiary/aromatic N) is 1. The first-order valence-electron chi connectivity index (χ1n) is 5.79. The Hall–Kier alpha value is -0.860. The highest BCUT2D eigenvalue weighted by atomic mass is 35.5. The fraction of sp³-hybridized carbons (Fsp3) is 0.636. The van der Waals surface area contributed by atoms with Gasteiger partial charge in [0.25, 0.3) is 0 Å². The maximum Gasteiger partial charge on any atom is 0.174 e. The fourth-order valence-electron chi connectivity index (χ4n) is 2.14. The van der Waals surface area contributed by atoms with Crippen LogP contribution in [0.3, 0.4) is 0 Å². The smallest absolute Gasteiger partial charge is 0.174 e. The van der Waals surface area contributed by atoms with Crippen LogP contribution in [-0.2, 0) is 4.74 Å². The summed E-state index contributed by atoms with van der Waals surface area (Å²) in [6.45, 7) is 3.13. The number of rotatable bonds is 3. The molecule has 5 atom stereocenters. The van der Waals surface area contributed by atoms with Gasteiger partial charge in [-0.3, -0.25) is 0 Å². The van der Waals surface area contributed by atoms with E-state index in [1.54, 1.807) is 6.08 Å². The molecule has 0 aromatic heterocycles. The minimum atomic E-state index is -1.73. The molecule has 108 valence electrons. The Balaban J connectivity index is 2.23. The van der Waals surface area contributed by atoms with Gasteiger partial charge in [-0.2, -0.15) is 0 Å². The predicted octanol–water partition coefficient (Wildman–Crippen LogP) is -0.813. The molecule has 2 aliphatic rings. The quantitative estimate of drug-likeness (QED) is 0.509. The first kappa shape index (κ1) is 14.5. The zero-order chi connectivity index (χ0) is 14.2. The number of alkyl halides is 2. The van der Waals surface area contributed by atoms with Gasteiger partial charge < -0.3 is 30.9 Å². The molecule has 2 aliphatic heterocycles. The summed E-state index contributed by atoms with van der Waals surface area (Å²) >= 11 is 5.68. The van der Waals surface area contributed by atoms with Crippen molar-refractivity contribution >= 4 is 11.6 Å². The summed E-state index contributed by atoms with van der Waals surface area (Å²) in [5, 5.41) is 22.0. The maximum atomic E-state index is 14.2. The van der Waals surface area contributed by atoms with E-state index in [2.05, 4.69) is 11.9 Å². The van der Waals surface area contributed by atoms with Crippen molar-refractivity contribution < 1.29 is 19.3 Å². The molecule has 1 saturated heterocycles. The van der Waals surface area contributed by atoms with Gasteiger partial charge in [0.2, 0.25) is 0 Å². The third kappa shape index (κ3) is 2.32. The van der Waals surface area contributed by atoms with Crippen LogP contribution in [0, 0.1) is 0 Å². The molecule has 1 unspecified atom stereocenters. The van der Waals surface area contributed by atoms with E-state index in [0.29, 0.717) is 5.82 Å². The topological polar surface area (TPSA) is 91.0 Å². The third-order valence-corrected chi connectivity index (χ3v) is 3.79. The molecule has 0 aromatic carbocycles. The number of aliphatic hydroxyl groups excluding tert-OH is 2. The van der Waals surface area contributed by atoms with Crippen LogP contribution in [0.15, 0.2) is 24.7 Å². The van der Waals surface area contributed by atoms with Crippen molar-refractivity contribution in [2.45, 2.75) is 30.3 Å². The zero-order valence-corrected chi connectivity index (χ0v) is 10.9. The van der Waals surface area contributed by atoms with E-state index in [1.165, 1.54) is 11.1 Å². The van der Waals surface area contributed by atoms with E-state index in [-0.39, 0.29) is 5.88 Å². The molecule has 1 fully saturated rings. The van der Waals surface area contributed by atoms with Gasteiger partial charge in [-0.1, -0.05) is 6.58 Å². The molecule has 8 heteroatoms. The van der Waals surface area contributed by atoms with E-state index in [0.717, 1.165) is 0 Å². The van der Waals surface area contributed by atoms with E-state index in [9.17, 15) is 14.6 Å². The highest BCUT2D eigenvalue weighted by Gasteiger charge is 2.56. The highest BCUT2D eigenvalue weighted by molar-refractivity contribution is 6.18. The van der Waals surface area contributed by atoms with Gasteiger partial charge in [-0.25, -0.2) is 4.39 Å². The molecule has 6 nitrogen and oxygen atoms in total. The molecular formula is C11H17ClFN3O3. The minimum absolute atomic E-state index is 0.224. The number of nitrogens with one attached hydrogen (secondary N) is 1. The van der Waals surface area contributed by atoms with Gasteiger partial charge in [-0.15, -0.1) is 11.6 Å². The molecule has 0 aromatic rings. The maximum absolute atomic E-state index is 14.2. The molecule has 0 amide bonds. The number of ether oxygens (including phenoxy) is 1. The lowest BCUT2D eigenvalue weighted by Gasteiger charge is -2.35. The summed E-state index contributed by atoms with van der Waals surface area (Å²) in [7, 11) is 0. The average molecular weight is 294 g/mol. The molecule has 0 radical (unpaired) electrons. The van der Waals surface area contributed by atoms with Crippen molar-refractivity contribution in [1.29, 1.82) is 0 Å². The van der Waals surface area contributed by atoms with Crippen LogP contribution < -0.4 is 11.1 Å². The third-order valence-electron chi connectivity index (χ3n) is 3.34. The van der Waals surface area contributed by atoms with Crippen LogP contribution in [0.1, 0.15) is 0 Å². The van der Waals surface area contributed by atoms with Gasteiger partial charge in [0.05, 0.1) is 18.7 Å². The summed E-state index contributed by atoms with van der Waals surface area (Å²) in [6.07, 6.45) is -1.67. The van der Waals surface area contributed by atoms with Crippen molar-refractivity contribution in [3.05, 3.63) is 24.7 Å². The Morgan fingerprint density at radius 3 is 2.84 bits per heavy atom. The summed E-state index contributed by atoms with van der Waals surface area (Å²) in [4.78, 5) is 1.38. The number of hydrogen-bond acceptors (Lipinski definition) is 6. The van der Waals surface area contributed by atoms with Crippen LogP contribution in [0.2, 0.25) is 0 Å². The Morgan fingerprint density at radius 1 is 1.68 bits per heavy atom. The minimum Gasteiger partial charge on any atom is -0.393 e. The Kier molecular flexibility index (Phi) is 4.03. The van der Waals surface area contributed by atoms with Crippen LogP contribution in [0.25, 0.3) is 0 Å². The largest absolute Gasteiger partial charge is 0.393 e. The first-order valence-corrected chi connectivity index (χ1v) is 6.33. The Bertz CT molecular complexity index is 391. The summed E-state index contributed by atoms with van der Waals surface area (Å²) < 4.78 is 19.6. The van der Waals surface area contributed by atoms with Crippen LogP contribution in [0.5, 0.6) is 0 Å². The zero-order valence-electron chi connectivity index (χ0n) is 10.2. The number of halogens is 2. The molecule has 2 heterocycles. The lowest BCUT2D eigenvalue weighted by molar-refractivity contribution is -0.122. The first-order chi connectivity index (χ1) is 8.95. The molecule has 0 bridgehead atoms. The Labute approximate surface area is 115 Å². The van der Waals surface area contributed by atoms with Crippen molar-refractivity contribution in [3.8, 4) is 0 Å². The fourth-order valence-corrected chi connectivity index (χ4v) is 2.45. The molecule has 0 aliphatic carbocycles. The predicted molar refractivity (Wildman–Crippen MR) is 67.5 cm³/mol. The number of hydrogen-bond donors (Lipinski definition) is 4. The van der Waals surface area contributed by atoms with Gasteiger partial charge in [0.1, 0.15) is 17.5 Å². The normalized spacial score (nSPS) is 42.6.